The highest BCUT2D eigenvalue weighted by atomic mass is 16.3. The molecule has 0 aliphatic carbocycles. The summed E-state index contributed by atoms with van der Waals surface area (Å²) in [6, 6.07) is -1.16. The minimum atomic E-state index is -1.41. The Labute approximate surface area is 186 Å². The summed E-state index contributed by atoms with van der Waals surface area (Å²) in [4.78, 5) is 26.8. The first-order chi connectivity index (χ1) is 15.1. The minimum absolute atomic E-state index is 0.0926. The van der Waals surface area contributed by atoms with Gasteiger partial charge in [0.15, 0.2) is 0 Å². The molecule has 0 aromatic heterocycles. The summed E-state index contributed by atoms with van der Waals surface area (Å²) >= 11 is 0. The molecule has 0 saturated heterocycles. The van der Waals surface area contributed by atoms with Crippen molar-refractivity contribution in [3.63, 3.8) is 0 Å². The Bertz CT molecular complexity index is 800. The van der Waals surface area contributed by atoms with Gasteiger partial charge in [-0.1, -0.05) is 6.92 Å². The smallest absolute Gasteiger partial charge is 0.252 e. The molecule has 11 nitrogen and oxygen atoms in total. The average Bonchev–Trinajstić information content (AvgIpc) is 2.79. The van der Waals surface area contributed by atoms with Crippen LogP contribution in [0.15, 0.2) is 0 Å². The van der Waals surface area contributed by atoms with Crippen molar-refractivity contribution >= 4 is 17.5 Å². The van der Waals surface area contributed by atoms with E-state index in [-0.39, 0.29) is 24.2 Å². The monoisotopic (exact) mass is 458 g/mol. The zero-order chi connectivity index (χ0) is 24.6. The number of nitrogens with zero attached hydrogens (tertiary/aromatic N) is 1. The van der Waals surface area contributed by atoms with Gasteiger partial charge in [-0.3, -0.25) is 9.59 Å². The SMILES string of the molecule is CCc1c(C(=O)NC(CO)C(O)CO)c(C)c(CO)c(C)c1N(CC(O)CO)C(=O)CO. The number of rotatable bonds is 12. The second kappa shape index (κ2) is 12.8. The summed E-state index contributed by atoms with van der Waals surface area (Å²) < 4.78 is 0. The van der Waals surface area contributed by atoms with Gasteiger partial charge in [0.25, 0.3) is 11.8 Å². The fourth-order valence-electron chi connectivity index (χ4n) is 3.70. The summed E-state index contributed by atoms with van der Waals surface area (Å²) in [5.74, 6) is -1.49. The van der Waals surface area contributed by atoms with Crippen molar-refractivity contribution in [2.24, 2.45) is 0 Å². The lowest BCUT2D eigenvalue weighted by atomic mass is 9.88. The molecule has 0 heterocycles. The quantitative estimate of drug-likeness (QED) is 0.167. The number of carbonyl (C=O) groups is 2. The number of nitrogens with one attached hydrogen (secondary N) is 1. The largest absolute Gasteiger partial charge is 0.394 e. The molecule has 0 fully saturated rings. The lowest BCUT2D eigenvalue weighted by molar-refractivity contribution is -0.121. The third kappa shape index (κ3) is 6.01. The third-order valence-corrected chi connectivity index (χ3v) is 5.44. The van der Waals surface area contributed by atoms with E-state index in [0.29, 0.717) is 22.3 Å². The molecule has 11 heteroatoms. The van der Waals surface area contributed by atoms with Crippen LogP contribution in [0.5, 0.6) is 0 Å². The summed E-state index contributed by atoms with van der Waals surface area (Å²) in [6.45, 7) is 1.27. The number of aliphatic hydroxyl groups is 7. The fourth-order valence-corrected chi connectivity index (χ4v) is 3.70. The van der Waals surface area contributed by atoms with E-state index in [1.54, 1.807) is 20.8 Å². The molecular weight excluding hydrogens is 424 g/mol. The minimum Gasteiger partial charge on any atom is -0.394 e. The summed E-state index contributed by atoms with van der Waals surface area (Å²) in [7, 11) is 0. The van der Waals surface area contributed by atoms with E-state index in [0.717, 1.165) is 4.90 Å². The van der Waals surface area contributed by atoms with Gasteiger partial charge in [0.05, 0.1) is 56.9 Å². The van der Waals surface area contributed by atoms with Crippen LogP contribution in [0, 0.1) is 13.8 Å². The van der Waals surface area contributed by atoms with Crippen LogP contribution in [-0.4, -0.2) is 98.8 Å². The van der Waals surface area contributed by atoms with E-state index < -0.39 is 63.1 Å². The lowest BCUT2D eigenvalue weighted by Gasteiger charge is -2.31. The Balaban J connectivity index is 3.79. The molecule has 32 heavy (non-hydrogen) atoms. The van der Waals surface area contributed by atoms with Gasteiger partial charge in [0, 0.05) is 5.56 Å². The van der Waals surface area contributed by atoms with Crippen LogP contribution in [0.25, 0.3) is 0 Å². The van der Waals surface area contributed by atoms with Crippen molar-refractivity contribution in [2.75, 3.05) is 37.9 Å². The van der Waals surface area contributed by atoms with Crippen molar-refractivity contribution in [1.82, 2.24) is 5.32 Å². The highest BCUT2D eigenvalue weighted by Gasteiger charge is 2.30. The van der Waals surface area contributed by atoms with Gasteiger partial charge >= 0.3 is 0 Å². The first kappa shape index (κ1) is 27.9. The normalized spacial score (nSPS) is 14.1. The van der Waals surface area contributed by atoms with Gasteiger partial charge < -0.3 is 46.0 Å². The maximum Gasteiger partial charge on any atom is 0.252 e. The van der Waals surface area contributed by atoms with E-state index in [4.69, 9.17) is 5.11 Å². The number of carbonyl (C=O) groups excluding carboxylic acids is 2. The number of anilines is 1. The first-order valence-corrected chi connectivity index (χ1v) is 10.3. The van der Waals surface area contributed by atoms with E-state index >= 15 is 0 Å². The molecule has 0 aliphatic rings. The van der Waals surface area contributed by atoms with Crippen molar-refractivity contribution in [3.8, 4) is 0 Å². The summed E-state index contributed by atoms with van der Waals surface area (Å²) in [5.41, 5.74) is 1.89. The lowest BCUT2D eigenvalue weighted by Crippen LogP contribution is -2.48. The standard InChI is InChI=1S/C21H34N2O9/c1-4-14-19(21(32)22-16(8-26)17(30)9-27)11(2)15(7-25)12(3)20(14)23(18(31)10-28)5-13(29)6-24/h13,16-17,24-30H,4-10H2,1-3H3,(H,22,32). The van der Waals surface area contributed by atoms with Crippen molar-refractivity contribution < 1.29 is 45.3 Å². The molecule has 0 spiro atoms. The van der Waals surface area contributed by atoms with E-state index in [1.807, 2.05) is 0 Å². The zero-order valence-corrected chi connectivity index (χ0v) is 18.6. The molecular formula is C21H34N2O9. The average molecular weight is 459 g/mol. The van der Waals surface area contributed by atoms with Gasteiger partial charge in [-0.05, 0) is 42.5 Å². The number of aliphatic hydroxyl groups excluding tert-OH is 7. The number of benzene rings is 1. The molecule has 0 aliphatic heterocycles. The van der Waals surface area contributed by atoms with Crippen LogP contribution >= 0.6 is 0 Å². The molecule has 3 atom stereocenters. The zero-order valence-electron chi connectivity index (χ0n) is 18.6. The van der Waals surface area contributed by atoms with E-state index in [1.165, 1.54) is 0 Å². The van der Waals surface area contributed by atoms with Crippen molar-refractivity contribution in [3.05, 3.63) is 27.8 Å². The van der Waals surface area contributed by atoms with Crippen molar-refractivity contribution in [2.45, 2.75) is 52.0 Å². The van der Waals surface area contributed by atoms with E-state index in [2.05, 4.69) is 5.32 Å². The molecule has 182 valence electrons. The Morgan fingerprint density at radius 1 is 0.938 bits per heavy atom. The first-order valence-electron chi connectivity index (χ1n) is 10.3. The second-order valence-corrected chi connectivity index (χ2v) is 7.45. The Morgan fingerprint density at radius 3 is 2.00 bits per heavy atom. The molecule has 0 saturated carbocycles. The van der Waals surface area contributed by atoms with Gasteiger partial charge in [0.2, 0.25) is 0 Å². The Morgan fingerprint density at radius 2 is 1.56 bits per heavy atom. The summed E-state index contributed by atoms with van der Waals surface area (Å²) in [6.07, 6.45) is -2.49. The van der Waals surface area contributed by atoms with Gasteiger partial charge in [-0.2, -0.15) is 0 Å². The maximum absolute atomic E-state index is 13.2. The van der Waals surface area contributed by atoms with Crippen molar-refractivity contribution in [1.29, 1.82) is 0 Å². The van der Waals surface area contributed by atoms with Gasteiger partial charge in [0.1, 0.15) is 6.61 Å². The molecule has 0 radical (unpaired) electrons. The second-order valence-electron chi connectivity index (χ2n) is 7.45. The number of hydrogen-bond donors (Lipinski definition) is 8. The van der Waals surface area contributed by atoms with Crippen LogP contribution in [-0.2, 0) is 17.8 Å². The molecule has 0 bridgehead atoms. The van der Waals surface area contributed by atoms with Crippen LogP contribution in [0.3, 0.4) is 0 Å². The highest BCUT2D eigenvalue weighted by molar-refractivity contribution is 6.03. The molecule has 1 aromatic carbocycles. The van der Waals surface area contributed by atoms with E-state index in [9.17, 15) is 40.2 Å². The number of hydrogen-bond acceptors (Lipinski definition) is 9. The molecule has 3 unspecified atom stereocenters. The van der Waals surface area contributed by atoms with Crippen LogP contribution < -0.4 is 10.2 Å². The molecule has 1 rings (SSSR count). The fraction of sp³-hybridized carbons (Fsp3) is 0.619. The topological polar surface area (TPSA) is 191 Å². The molecule has 1 aromatic rings. The van der Waals surface area contributed by atoms with Gasteiger partial charge in [-0.25, -0.2) is 0 Å². The predicted molar refractivity (Wildman–Crippen MR) is 115 cm³/mol. The highest BCUT2D eigenvalue weighted by Crippen LogP contribution is 2.35. The van der Waals surface area contributed by atoms with Crippen LogP contribution in [0.4, 0.5) is 5.69 Å². The summed E-state index contributed by atoms with van der Waals surface area (Å²) in [5, 5.41) is 69.5. The molecule has 8 N–H and O–H groups in total. The Kier molecular flexibility index (Phi) is 11.2. The predicted octanol–water partition coefficient (Wildman–Crippen LogP) is -2.52. The third-order valence-electron chi connectivity index (χ3n) is 5.44. The van der Waals surface area contributed by atoms with Gasteiger partial charge in [-0.15, -0.1) is 0 Å². The van der Waals surface area contributed by atoms with Crippen LogP contribution in [0.2, 0.25) is 0 Å². The maximum atomic E-state index is 13.2. The number of amides is 2. The molecule has 2 amide bonds. The Hall–Kier alpha value is -2.12. The van der Waals surface area contributed by atoms with Crippen LogP contribution in [0.1, 0.15) is 39.5 Å².